The minimum absolute atomic E-state index is 0.0751. The number of anilines is 1. The van der Waals surface area contributed by atoms with Gasteiger partial charge in [-0.2, -0.15) is 0 Å². The maximum atomic E-state index is 11.6. The molecule has 8 heteroatoms. The molecule has 0 saturated heterocycles. The normalized spacial score (nSPS) is 10.1. The highest BCUT2D eigenvalue weighted by Gasteiger charge is 2.06. The molecule has 2 aromatic heterocycles. The molecule has 0 aliphatic heterocycles. The molecule has 20 heavy (non-hydrogen) atoms. The Balaban J connectivity index is 1.86. The van der Waals surface area contributed by atoms with Crippen LogP contribution in [-0.2, 0) is 6.54 Å². The molecule has 2 amide bonds. The predicted octanol–water partition coefficient (Wildman–Crippen LogP) is 1.87. The third-order valence-electron chi connectivity index (χ3n) is 2.34. The molecule has 0 atom stereocenters. The van der Waals surface area contributed by atoms with Gasteiger partial charge < -0.3 is 15.7 Å². The van der Waals surface area contributed by atoms with E-state index in [-0.39, 0.29) is 5.69 Å². The van der Waals surface area contributed by atoms with Crippen molar-refractivity contribution in [2.75, 3.05) is 5.32 Å². The van der Waals surface area contributed by atoms with Gasteiger partial charge >= 0.3 is 12.0 Å². The van der Waals surface area contributed by atoms with E-state index >= 15 is 0 Å². The molecule has 0 aliphatic carbocycles. The number of pyridine rings is 1. The van der Waals surface area contributed by atoms with E-state index in [0.717, 1.165) is 10.7 Å². The van der Waals surface area contributed by atoms with Crippen molar-refractivity contribution in [3.63, 3.8) is 0 Å². The first-order valence-corrected chi connectivity index (χ1v) is 6.58. The summed E-state index contributed by atoms with van der Waals surface area (Å²) in [5.41, 5.74) is 1.14. The van der Waals surface area contributed by atoms with Crippen LogP contribution in [0.2, 0.25) is 0 Å². The SMILES string of the molecule is Cc1nc(CNC(=O)Nc2ccc(C(=O)O)nc2)cs1. The van der Waals surface area contributed by atoms with Crippen molar-refractivity contribution < 1.29 is 14.7 Å². The minimum Gasteiger partial charge on any atom is -0.477 e. The summed E-state index contributed by atoms with van der Waals surface area (Å²) in [6.07, 6.45) is 1.29. The van der Waals surface area contributed by atoms with Crippen LogP contribution < -0.4 is 10.6 Å². The van der Waals surface area contributed by atoms with E-state index in [1.807, 2.05) is 12.3 Å². The summed E-state index contributed by atoms with van der Waals surface area (Å²) in [5, 5.41) is 16.7. The molecule has 0 aliphatic rings. The third-order valence-corrected chi connectivity index (χ3v) is 3.16. The van der Waals surface area contributed by atoms with Crippen molar-refractivity contribution >= 4 is 29.0 Å². The van der Waals surface area contributed by atoms with Crippen molar-refractivity contribution in [1.82, 2.24) is 15.3 Å². The predicted molar refractivity (Wildman–Crippen MR) is 73.9 cm³/mol. The number of nitrogens with one attached hydrogen (secondary N) is 2. The lowest BCUT2D eigenvalue weighted by Gasteiger charge is -2.06. The number of urea groups is 1. The number of rotatable bonds is 4. The zero-order valence-electron chi connectivity index (χ0n) is 10.6. The van der Waals surface area contributed by atoms with Gasteiger partial charge in [-0.05, 0) is 19.1 Å². The fraction of sp³-hybridized carbons (Fsp3) is 0.167. The second-order valence-corrected chi connectivity index (χ2v) is 4.97. The van der Waals surface area contributed by atoms with Gasteiger partial charge in [0, 0.05) is 5.38 Å². The van der Waals surface area contributed by atoms with Crippen LogP contribution in [0.25, 0.3) is 0 Å². The molecule has 0 unspecified atom stereocenters. The van der Waals surface area contributed by atoms with Gasteiger partial charge in [0.2, 0.25) is 0 Å². The molecule has 0 radical (unpaired) electrons. The quantitative estimate of drug-likeness (QED) is 0.798. The van der Waals surface area contributed by atoms with Crippen molar-refractivity contribution in [2.24, 2.45) is 0 Å². The average molecular weight is 292 g/mol. The van der Waals surface area contributed by atoms with Crippen LogP contribution in [0, 0.1) is 6.92 Å². The number of carbonyl (C=O) groups is 2. The molecule has 0 saturated carbocycles. The average Bonchev–Trinajstić information content (AvgIpc) is 2.83. The summed E-state index contributed by atoms with van der Waals surface area (Å²) in [6, 6.07) is 2.39. The molecule has 0 bridgehead atoms. The smallest absolute Gasteiger partial charge is 0.354 e. The zero-order valence-corrected chi connectivity index (χ0v) is 11.4. The lowest BCUT2D eigenvalue weighted by Crippen LogP contribution is -2.28. The number of hydrogen-bond donors (Lipinski definition) is 3. The van der Waals surface area contributed by atoms with Gasteiger partial charge in [-0.25, -0.2) is 19.6 Å². The number of nitrogens with zero attached hydrogens (tertiary/aromatic N) is 2. The molecule has 3 N–H and O–H groups in total. The number of aromatic nitrogens is 2. The van der Waals surface area contributed by atoms with Crippen LogP contribution in [0.3, 0.4) is 0 Å². The monoisotopic (exact) mass is 292 g/mol. The highest BCUT2D eigenvalue weighted by Crippen LogP contribution is 2.08. The first-order chi connectivity index (χ1) is 9.54. The van der Waals surface area contributed by atoms with Crippen LogP contribution in [0.5, 0.6) is 0 Å². The second kappa shape index (κ2) is 6.11. The van der Waals surface area contributed by atoms with E-state index in [2.05, 4.69) is 20.6 Å². The first kappa shape index (κ1) is 13.9. The molecule has 0 aromatic carbocycles. The molecule has 2 heterocycles. The summed E-state index contributed by atoms with van der Waals surface area (Å²) in [6.45, 7) is 2.22. The van der Waals surface area contributed by atoms with Crippen molar-refractivity contribution in [1.29, 1.82) is 0 Å². The lowest BCUT2D eigenvalue weighted by atomic mass is 10.3. The summed E-state index contributed by atoms with van der Waals surface area (Å²) >= 11 is 1.52. The van der Waals surface area contributed by atoms with Crippen molar-refractivity contribution in [2.45, 2.75) is 13.5 Å². The van der Waals surface area contributed by atoms with E-state index in [0.29, 0.717) is 12.2 Å². The molecule has 2 aromatic rings. The second-order valence-electron chi connectivity index (χ2n) is 3.90. The Morgan fingerprint density at radius 1 is 1.40 bits per heavy atom. The van der Waals surface area contributed by atoms with Crippen molar-refractivity contribution in [3.8, 4) is 0 Å². The number of thiazole rings is 1. The fourth-order valence-corrected chi connectivity index (χ4v) is 2.04. The Bertz CT molecular complexity index is 624. The van der Waals surface area contributed by atoms with Crippen LogP contribution in [-0.4, -0.2) is 27.1 Å². The highest BCUT2D eigenvalue weighted by molar-refractivity contribution is 7.09. The van der Waals surface area contributed by atoms with E-state index < -0.39 is 12.0 Å². The maximum Gasteiger partial charge on any atom is 0.354 e. The van der Waals surface area contributed by atoms with E-state index in [9.17, 15) is 9.59 Å². The van der Waals surface area contributed by atoms with E-state index in [1.165, 1.54) is 29.7 Å². The Kier molecular flexibility index (Phi) is 4.26. The summed E-state index contributed by atoms with van der Waals surface area (Å²) in [4.78, 5) is 30.2. The molecule has 0 fully saturated rings. The van der Waals surface area contributed by atoms with Crippen LogP contribution in [0.4, 0.5) is 10.5 Å². The van der Waals surface area contributed by atoms with Gasteiger partial charge in [-0.3, -0.25) is 0 Å². The molecular weight excluding hydrogens is 280 g/mol. The fourth-order valence-electron chi connectivity index (χ4n) is 1.43. The minimum atomic E-state index is -1.11. The van der Waals surface area contributed by atoms with Gasteiger partial charge in [-0.1, -0.05) is 0 Å². The molecule has 104 valence electrons. The number of hydrogen-bond acceptors (Lipinski definition) is 5. The van der Waals surface area contributed by atoms with Gasteiger partial charge in [0.05, 0.1) is 29.1 Å². The summed E-state index contributed by atoms with van der Waals surface area (Å²) in [7, 11) is 0. The lowest BCUT2D eigenvalue weighted by molar-refractivity contribution is 0.0690. The number of amides is 2. The van der Waals surface area contributed by atoms with Gasteiger partial charge in [-0.15, -0.1) is 11.3 Å². The first-order valence-electron chi connectivity index (χ1n) is 5.70. The Hall–Kier alpha value is -2.48. The molecule has 0 spiro atoms. The van der Waals surface area contributed by atoms with Crippen LogP contribution in [0.15, 0.2) is 23.7 Å². The number of carbonyl (C=O) groups excluding carboxylic acids is 1. The standard InChI is InChI=1S/C12H12N4O3S/c1-7-15-9(6-20-7)5-14-12(19)16-8-2-3-10(11(17)18)13-4-8/h2-4,6H,5H2,1H3,(H,17,18)(H2,14,16,19). The van der Waals surface area contributed by atoms with Gasteiger partial charge in [0.25, 0.3) is 0 Å². The topological polar surface area (TPSA) is 104 Å². The Morgan fingerprint density at radius 2 is 2.20 bits per heavy atom. The van der Waals surface area contributed by atoms with Gasteiger partial charge in [0.15, 0.2) is 0 Å². The number of carboxylic acids is 1. The van der Waals surface area contributed by atoms with Gasteiger partial charge in [0.1, 0.15) is 5.69 Å². The zero-order chi connectivity index (χ0) is 14.5. The van der Waals surface area contributed by atoms with Crippen LogP contribution >= 0.6 is 11.3 Å². The Morgan fingerprint density at radius 3 is 2.75 bits per heavy atom. The number of carboxylic acid groups (broad SMARTS) is 1. The Labute approximate surface area is 118 Å². The molecule has 2 rings (SSSR count). The van der Waals surface area contributed by atoms with E-state index in [4.69, 9.17) is 5.11 Å². The summed E-state index contributed by atoms with van der Waals surface area (Å²) in [5.74, 6) is -1.11. The molecule has 7 nitrogen and oxygen atoms in total. The highest BCUT2D eigenvalue weighted by atomic mass is 32.1. The number of aromatic carboxylic acids is 1. The largest absolute Gasteiger partial charge is 0.477 e. The third kappa shape index (κ3) is 3.75. The molecular formula is C12H12N4O3S. The maximum absolute atomic E-state index is 11.6. The number of aryl methyl sites for hydroxylation is 1. The van der Waals surface area contributed by atoms with E-state index in [1.54, 1.807) is 0 Å². The summed E-state index contributed by atoms with van der Waals surface area (Å²) < 4.78 is 0. The van der Waals surface area contributed by atoms with Crippen LogP contribution in [0.1, 0.15) is 21.2 Å². The van der Waals surface area contributed by atoms with Crippen molar-refractivity contribution in [3.05, 3.63) is 40.1 Å².